The Morgan fingerprint density at radius 3 is 2.39 bits per heavy atom. The molecule has 1 rings (SSSR count). The highest BCUT2D eigenvalue weighted by atomic mass is 19.4. The van der Waals surface area contributed by atoms with Crippen LogP contribution in [-0.4, -0.2) is 17.9 Å². The number of hydrogen-bond acceptors (Lipinski definition) is 4. The van der Waals surface area contributed by atoms with Crippen LogP contribution >= 0.6 is 0 Å². The summed E-state index contributed by atoms with van der Waals surface area (Å²) in [5.41, 5.74) is -0.563. The Morgan fingerprint density at radius 2 is 1.87 bits per heavy atom. The number of nitrogens with zero attached hydrogens (tertiary/aromatic N) is 1. The van der Waals surface area contributed by atoms with Gasteiger partial charge >= 0.3 is 12.3 Å². The van der Waals surface area contributed by atoms with Crippen LogP contribution in [0.5, 0.6) is 5.75 Å². The number of para-hydroxylation sites is 1. The van der Waals surface area contributed by atoms with E-state index in [2.05, 4.69) is 4.74 Å². The molecule has 4 nitrogen and oxygen atoms in total. The molecule has 1 aromatic carbocycles. The predicted octanol–water partition coefficient (Wildman–Crippen LogP) is 4.31. The summed E-state index contributed by atoms with van der Waals surface area (Å²) < 4.78 is 46.3. The van der Waals surface area contributed by atoms with Crippen molar-refractivity contribution in [3.05, 3.63) is 29.8 Å². The van der Waals surface area contributed by atoms with E-state index in [0.717, 1.165) is 6.07 Å². The van der Waals surface area contributed by atoms with Gasteiger partial charge in [-0.3, -0.25) is 4.79 Å². The molecule has 1 aromatic rings. The number of halogens is 3. The molecule has 0 fully saturated rings. The first-order valence-electron chi connectivity index (χ1n) is 6.98. The minimum atomic E-state index is -4.85. The summed E-state index contributed by atoms with van der Waals surface area (Å²) in [7, 11) is 0. The fraction of sp³-hybridized carbons (Fsp3) is 0.500. The predicted molar refractivity (Wildman–Crippen MR) is 76.6 cm³/mol. The zero-order valence-corrected chi connectivity index (χ0v) is 13.1. The molecule has 1 atom stereocenters. The third kappa shape index (κ3) is 7.04. The topological polar surface area (TPSA) is 59.3 Å². The lowest BCUT2D eigenvalue weighted by Crippen LogP contribution is -2.24. The average molecular weight is 329 g/mol. The Morgan fingerprint density at radius 1 is 1.26 bits per heavy atom. The summed E-state index contributed by atoms with van der Waals surface area (Å²) in [6.07, 6.45) is -4.87. The van der Waals surface area contributed by atoms with E-state index in [9.17, 15) is 23.2 Å². The van der Waals surface area contributed by atoms with E-state index in [1.165, 1.54) is 18.2 Å². The molecule has 126 valence electrons. The number of esters is 1. The van der Waals surface area contributed by atoms with Crippen molar-refractivity contribution in [2.45, 2.75) is 51.5 Å². The number of hydrogen-bond donors (Lipinski definition) is 0. The Balaban J connectivity index is 2.83. The van der Waals surface area contributed by atoms with E-state index in [4.69, 9.17) is 4.74 Å². The number of nitriles is 1. The molecule has 0 heterocycles. The number of ether oxygens (including phenoxy) is 2. The minimum absolute atomic E-state index is 0.0453. The van der Waals surface area contributed by atoms with Gasteiger partial charge in [-0.1, -0.05) is 18.2 Å². The largest absolute Gasteiger partial charge is 0.573 e. The average Bonchev–Trinajstić information content (AvgIpc) is 2.37. The van der Waals surface area contributed by atoms with E-state index in [1.54, 1.807) is 20.8 Å². The van der Waals surface area contributed by atoms with Gasteiger partial charge in [-0.2, -0.15) is 5.26 Å². The van der Waals surface area contributed by atoms with Gasteiger partial charge in [0.15, 0.2) is 0 Å². The normalized spacial score (nSPS) is 13.1. The minimum Gasteiger partial charge on any atom is -0.460 e. The van der Waals surface area contributed by atoms with Crippen LogP contribution in [0.25, 0.3) is 0 Å². The van der Waals surface area contributed by atoms with Crippen molar-refractivity contribution in [2.75, 3.05) is 0 Å². The molecule has 0 aliphatic carbocycles. The molecule has 0 N–H and O–H groups in total. The summed E-state index contributed by atoms with van der Waals surface area (Å²) in [6, 6.07) is 7.32. The maximum absolute atomic E-state index is 12.4. The van der Waals surface area contributed by atoms with Crippen molar-refractivity contribution in [3.63, 3.8) is 0 Å². The van der Waals surface area contributed by atoms with E-state index in [1.807, 2.05) is 6.07 Å². The lowest BCUT2D eigenvalue weighted by atomic mass is 9.95. The van der Waals surface area contributed by atoms with E-state index in [0.29, 0.717) is 0 Å². The number of alkyl halides is 3. The van der Waals surface area contributed by atoms with Gasteiger partial charge in [-0.25, -0.2) is 0 Å². The molecule has 7 heteroatoms. The molecular weight excluding hydrogens is 311 g/mol. The molecule has 0 amide bonds. The first kappa shape index (κ1) is 18.8. The highest BCUT2D eigenvalue weighted by Crippen LogP contribution is 2.33. The second-order valence-corrected chi connectivity index (χ2v) is 5.89. The second kappa shape index (κ2) is 7.36. The molecule has 0 bridgehead atoms. The Hall–Kier alpha value is -2.23. The molecule has 0 saturated heterocycles. The van der Waals surface area contributed by atoms with E-state index in [-0.39, 0.29) is 18.4 Å². The lowest BCUT2D eigenvalue weighted by Gasteiger charge is -2.20. The first-order chi connectivity index (χ1) is 10.5. The van der Waals surface area contributed by atoms with Crippen molar-refractivity contribution in [1.82, 2.24) is 0 Å². The highest BCUT2D eigenvalue weighted by molar-refractivity contribution is 5.70. The van der Waals surface area contributed by atoms with Gasteiger partial charge in [0.1, 0.15) is 11.4 Å². The van der Waals surface area contributed by atoms with Crippen LogP contribution in [0.15, 0.2) is 24.3 Å². The van der Waals surface area contributed by atoms with Crippen molar-refractivity contribution < 1.29 is 27.4 Å². The Bertz CT molecular complexity index is 585. The zero-order chi connectivity index (χ0) is 17.7. The maximum atomic E-state index is 12.4. The van der Waals surface area contributed by atoms with Crippen LogP contribution in [0.1, 0.15) is 45.1 Å². The molecule has 0 aliphatic heterocycles. The van der Waals surface area contributed by atoms with Gasteiger partial charge in [0.05, 0.1) is 12.0 Å². The van der Waals surface area contributed by atoms with Crippen molar-refractivity contribution in [2.24, 2.45) is 0 Å². The number of rotatable bonds is 5. The van der Waals surface area contributed by atoms with Crippen LogP contribution in [0.3, 0.4) is 0 Å². The van der Waals surface area contributed by atoms with Gasteiger partial charge in [-0.15, -0.1) is 13.2 Å². The summed E-state index contributed by atoms with van der Waals surface area (Å²) in [5.74, 6) is -1.84. The highest BCUT2D eigenvalue weighted by Gasteiger charge is 2.33. The molecule has 0 radical (unpaired) electrons. The van der Waals surface area contributed by atoms with Gasteiger partial charge in [0.2, 0.25) is 0 Å². The van der Waals surface area contributed by atoms with Crippen LogP contribution in [0, 0.1) is 11.3 Å². The third-order valence-electron chi connectivity index (χ3n) is 2.73. The molecule has 0 aromatic heterocycles. The van der Waals surface area contributed by atoms with Crippen LogP contribution in [0.2, 0.25) is 0 Å². The van der Waals surface area contributed by atoms with Crippen molar-refractivity contribution in [1.29, 1.82) is 5.26 Å². The van der Waals surface area contributed by atoms with Gasteiger partial charge in [0.25, 0.3) is 0 Å². The number of benzene rings is 1. The monoisotopic (exact) mass is 329 g/mol. The Labute approximate surface area is 132 Å². The van der Waals surface area contributed by atoms with E-state index < -0.39 is 29.6 Å². The molecular formula is C16H18F3NO3. The number of carbonyl (C=O) groups is 1. The zero-order valence-electron chi connectivity index (χ0n) is 13.1. The summed E-state index contributed by atoms with van der Waals surface area (Å²) in [4.78, 5) is 11.7. The van der Waals surface area contributed by atoms with Crippen LogP contribution in [0.4, 0.5) is 13.2 Å². The van der Waals surface area contributed by atoms with Gasteiger partial charge in [-0.05, 0) is 33.3 Å². The summed E-state index contributed by atoms with van der Waals surface area (Å²) >= 11 is 0. The van der Waals surface area contributed by atoms with E-state index >= 15 is 0 Å². The SMILES string of the molecule is CC(C)(C)OC(=O)CCC(C#N)c1ccccc1OC(F)(F)F. The molecule has 23 heavy (non-hydrogen) atoms. The lowest BCUT2D eigenvalue weighted by molar-refractivity contribution is -0.275. The molecule has 0 aliphatic rings. The fourth-order valence-corrected chi connectivity index (χ4v) is 1.93. The van der Waals surface area contributed by atoms with Gasteiger partial charge < -0.3 is 9.47 Å². The maximum Gasteiger partial charge on any atom is 0.573 e. The van der Waals surface area contributed by atoms with Crippen LogP contribution in [-0.2, 0) is 9.53 Å². The smallest absolute Gasteiger partial charge is 0.460 e. The number of carbonyl (C=O) groups excluding carboxylic acids is 1. The Kier molecular flexibility index (Phi) is 6.02. The molecule has 0 spiro atoms. The molecule has 0 saturated carbocycles. The van der Waals surface area contributed by atoms with Crippen molar-refractivity contribution in [3.8, 4) is 11.8 Å². The standard InChI is InChI=1S/C16H18F3NO3/c1-15(2,3)23-14(21)9-8-11(10-20)12-6-4-5-7-13(12)22-16(17,18)19/h4-7,11H,8-9H2,1-3H3. The van der Waals surface area contributed by atoms with Crippen LogP contribution < -0.4 is 4.74 Å². The summed E-state index contributed by atoms with van der Waals surface area (Å²) in [6.45, 7) is 5.12. The second-order valence-electron chi connectivity index (χ2n) is 5.89. The molecule has 1 unspecified atom stereocenters. The first-order valence-corrected chi connectivity index (χ1v) is 6.98. The third-order valence-corrected chi connectivity index (χ3v) is 2.73. The van der Waals surface area contributed by atoms with Gasteiger partial charge in [0, 0.05) is 12.0 Å². The fourth-order valence-electron chi connectivity index (χ4n) is 1.93. The quantitative estimate of drug-likeness (QED) is 0.755. The van der Waals surface area contributed by atoms with Crippen molar-refractivity contribution >= 4 is 5.97 Å². The summed E-state index contributed by atoms with van der Waals surface area (Å²) in [5, 5.41) is 9.21.